The van der Waals surface area contributed by atoms with E-state index in [9.17, 15) is 4.79 Å². The molecule has 110 valence electrons. The Labute approximate surface area is 112 Å². The van der Waals surface area contributed by atoms with Gasteiger partial charge >= 0.3 is 111 Å². The number of rotatable bonds is 3. The maximum atomic E-state index is 11.8. The molecule has 3 rings (SSSR count). The number of methoxy groups -OCH3 is 1. The van der Waals surface area contributed by atoms with Gasteiger partial charge < -0.3 is 0 Å². The summed E-state index contributed by atoms with van der Waals surface area (Å²) in [5, 5.41) is 0. The van der Waals surface area contributed by atoms with Crippen molar-refractivity contribution in [3.8, 4) is 0 Å². The first-order chi connectivity index (χ1) is 9.17. The molecule has 0 aromatic heterocycles. The van der Waals surface area contributed by atoms with Crippen LogP contribution in [0, 0.1) is 0 Å². The molecule has 3 heterocycles. The van der Waals surface area contributed by atoms with E-state index < -0.39 is 7.51 Å². The van der Waals surface area contributed by atoms with Crippen molar-refractivity contribution in [3.63, 3.8) is 0 Å². The molecule has 0 aromatic carbocycles. The first kappa shape index (κ1) is 13.7. The van der Waals surface area contributed by atoms with Gasteiger partial charge in [-0.25, -0.2) is 0 Å². The quantitative estimate of drug-likeness (QED) is 0.565. The summed E-state index contributed by atoms with van der Waals surface area (Å²) < 4.78 is 28.0. The third kappa shape index (κ3) is 2.28. The number of nitrogens with zero attached hydrogens (tertiary/aromatic N) is 1. The van der Waals surface area contributed by atoms with Crippen molar-refractivity contribution in [2.75, 3.05) is 46.4 Å². The monoisotopic (exact) mass is 293 g/mol. The van der Waals surface area contributed by atoms with E-state index in [2.05, 4.69) is 0 Å². The molecule has 0 radical (unpaired) electrons. The molecule has 0 aromatic rings. The SMILES string of the molecule is COC(=O)C1CCCN1CP12(OCCO1)OCCO2. The van der Waals surface area contributed by atoms with Crippen LogP contribution in [-0.4, -0.2) is 63.3 Å². The standard InChI is InChI=1S/C11H20NO6P/c1-14-11(13)10-3-2-4-12(10)9-19(15-5-6-16-19)17-7-8-18-19/h10H,2-9H2,1H3. The molecule has 8 heteroatoms. The van der Waals surface area contributed by atoms with Crippen LogP contribution in [0.5, 0.6) is 0 Å². The number of carbonyl (C=O) groups is 1. The molecule has 3 saturated heterocycles. The van der Waals surface area contributed by atoms with Crippen molar-refractivity contribution < 1.29 is 27.6 Å². The number of hydrogen-bond acceptors (Lipinski definition) is 7. The molecule has 0 amide bonds. The summed E-state index contributed by atoms with van der Waals surface area (Å²) in [6.45, 7) is 2.73. The Morgan fingerprint density at radius 2 is 1.79 bits per heavy atom. The van der Waals surface area contributed by atoms with Gasteiger partial charge in [0.05, 0.1) is 0 Å². The van der Waals surface area contributed by atoms with E-state index in [0.29, 0.717) is 32.7 Å². The molecule has 3 fully saturated rings. The second-order valence-corrected chi connectivity index (χ2v) is 8.17. The Morgan fingerprint density at radius 1 is 1.21 bits per heavy atom. The van der Waals surface area contributed by atoms with Crippen LogP contribution in [0.2, 0.25) is 0 Å². The van der Waals surface area contributed by atoms with E-state index in [0.717, 1.165) is 19.4 Å². The Morgan fingerprint density at radius 3 is 2.32 bits per heavy atom. The maximum absolute atomic E-state index is 11.8. The van der Waals surface area contributed by atoms with Gasteiger partial charge in [-0.2, -0.15) is 0 Å². The van der Waals surface area contributed by atoms with Gasteiger partial charge in [0.2, 0.25) is 0 Å². The van der Waals surface area contributed by atoms with Crippen LogP contribution in [0.1, 0.15) is 12.8 Å². The molecule has 1 spiro atoms. The van der Waals surface area contributed by atoms with Crippen LogP contribution in [0.4, 0.5) is 0 Å². The Kier molecular flexibility index (Phi) is 3.53. The minimum absolute atomic E-state index is 0.215. The average Bonchev–Trinajstić information content (AvgIpc) is 3.13. The summed E-state index contributed by atoms with van der Waals surface area (Å²) in [6.07, 6.45) is 2.14. The van der Waals surface area contributed by atoms with Gasteiger partial charge in [0.25, 0.3) is 0 Å². The van der Waals surface area contributed by atoms with Gasteiger partial charge in [-0.15, -0.1) is 0 Å². The fraction of sp³-hybridized carbons (Fsp3) is 0.909. The fourth-order valence-electron chi connectivity index (χ4n) is 2.94. The topological polar surface area (TPSA) is 66.5 Å². The molecule has 0 bridgehead atoms. The molecule has 1 atom stereocenters. The molecule has 1 unspecified atom stereocenters. The molecule has 3 aliphatic rings. The summed E-state index contributed by atoms with van der Waals surface area (Å²) >= 11 is 0. The van der Waals surface area contributed by atoms with E-state index in [4.69, 9.17) is 22.8 Å². The molecule has 3 aliphatic heterocycles. The zero-order chi connectivity index (χ0) is 13.4. The minimum atomic E-state index is -3.45. The third-order valence-electron chi connectivity index (χ3n) is 3.78. The van der Waals surface area contributed by atoms with Crippen LogP contribution in [0.15, 0.2) is 0 Å². The first-order valence-electron chi connectivity index (χ1n) is 6.61. The van der Waals surface area contributed by atoms with Gasteiger partial charge in [0.1, 0.15) is 0 Å². The van der Waals surface area contributed by atoms with E-state index in [-0.39, 0.29) is 12.0 Å². The Bertz CT molecular complexity index is 343. The molecule has 19 heavy (non-hydrogen) atoms. The molecule has 0 saturated carbocycles. The Hall–Kier alpha value is -0.300. The fourth-order valence-corrected chi connectivity index (χ4v) is 6.35. The molecular formula is C11H20NO6P. The van der Waals surface area contributed by atoms with Crippen LogP contribution < -0.4 is 0 Å². The van der Waals surface area contributed by atoms with Crippen molar-refractivity contribution in [1.82, 2.24) is 4.90 Å². The molecule has 7 nitrogen and oxygen atoms in total. The van der Waals surface area contributed by atoms with Gasteiger partial charge in [-0.3, -0.25) is 0 Å². The summed E-state index contributed by atoms with van der Waals surface area (Å²) in [5.41, 5.74) is 0. The predicted molar refractivity (Wildman–Crippen MR) is 67.3 cm³/mol. The second kappa shape index (κ2) is 4.91. The summed E-state index contributed by atoms with van der Waals surface area (Å²) in [6, 6.07) is -0.248. The van der Waals surface area contributed by atoms with Gasteiger partial charge in [0, 0.05) is 0 Å². The predicted octanol–water partition coefficient (Wildman–Crippen LogP) is 0.888. The number of hydrogen-bond donors (Lipinski definition) is 0. The number of carbonyl (C=O) groups excluding carboxylic acids is 1. The normalized spacial score (nSPS) is 35.2. The van der Waals surface area contributed by atoms with Crippen molar-refractivity contribution in [2.45, 2.75) is 18.9 Å². The van der Waals surface area contributed by atoms with Crippen molar-refractivity contribution in [2.24, 2.45) is 0 Å². The zero-order valence-corrected chi connectivity index (χ0v) is 12.0. The average molecular weight is 293 g/mol. The number of esters is 1. The van der Waals surface area contributed by atoms with Gasteiger partial charge in [-0.05, 0) is 0 Å². The zero-order valence-electron chi connectivity index (χ0n) is 11.1. The first-order valence-corrected chi connectivity index (χ1v) is 8.70. The number of likely N-dealkylation sites (tertiary alicyclic amines) is 1. The molecule has 0 N–H and O–H groups in total. The number of ether oxygens (including phenoxy) is 1. The van der Waals surface area contributed by atoms with Crippen LogP contribution >= 0.6 is 7.51 Å². The van der Waals surface area contributed by atoms with Crippen LogP contribution in [-0.2, 0) is 27.6 Å². The van der Waals surface area contributed by atoms with Crippen LogP contribution in [0.25, 0.3) is 0 Å². The molecular weight excluding hydrogens is 273 g/mol. The van der Waals surface area contributed by atoms with E-state index in [1.54, 1.807) is 0 Å². The second-order valence-electron chi connectivity index (χ2n) is 4.93. The summed E-state index contributed by atoms with van der Waals surface area (Å²) in [4.78, 5) is 13.8. The molecule has 0 aliphatic carbocycles. The van der Waals surface area contributed by atoms with Crippen LogP contribution in [0.3, 0.4) is 0 Å². The van der Waals surface area contributed by atoms with Crippen molar-refractivity contribution >= 4 is 13.5 Å². The van der Waals surface area contributed by atoms with E-state index >= 15 is 0 Å². The van der Waals surface area contributed by atoms with Crippen molar-refractivity contribution in [3.05, 3.63) is 0 Å². The van der Waals surface area contributed by atoms with Gasteiger partial charge in [0.15, 0.2) is 0 Å². The summed E-state index contributed by atoms with van der Waals surface area (Å²) in [7, 11) is -2.03. The van der Waals surface area contributed by atoms with Crippen molar-refractivity contribution in [1.29, 1.82) is 0 Å². The van der Waals surface area contributed by atoms with Gasteiger partial charge in [-0.1, -0.05) is 0 Å². The Balaban J connectivity index is 1.77. The van der Waals surface area contributed by atoms with E-state index in [1.807, 2.05) is 4.90 Å². The summed E-state index contributed by atoms with van der Waals surface area (Å²) in [5.74, 6) is -0.215. The van der Waals surface area contributed by atoms with E-state index in [1.165, 1.54) is 7.11 Å². The third-order valence-corrected chi connectivity index (χ3v) is 7.33.